The average molecular weight is 302 g/mol. The maximum absolute atomic E-state index is 5.81. The van der Waals surface area contributed by atoms with Gasteiger partial charge in [0, 0.05) is 4.90 Å². The van der Waals surface area contributed by atoms with Crippen molar-refractivity contribution in [2.45, 2.75) is 30.6 Å². The normalized spacial score (nSPS) is 11.2. The first-order chi connectivity index (χ1) is 10.0. The van der Waals surface area contributed by atoms with Gasteiger partial charge < -0.3 is 9.47 Å². The molecule has 2 aromatic carbocycles. The Balaban J connectivity index is 1.95. The first-order valence-electron chi connectivity index (χ1n) is 7.08. The molecule has 0 aliphatic carbocycles. The van der Waals surface area contributed by atoms with Crippen LogP contribution < -0.4 is 9.47 Å². The van der Waals surface area contributed by atoms with E-state index in [0.29, 0.717) is 6.61 Å². The SMILES string of the molecule is COc1cccc(C(C)(C)CCOc2ccc(S)cc2)c1. The Morgan fingerprint density at radius 1 is 1.00 bits per heavy atom. The van der Waals surface area contributed by atoms with Gasteiger partial charge in [0.15, 0.2) is 0 Å². The lowest BCUT2D eigenvalue weighted by Gasteiger charge is -2.25. The maximum Gasteiger partial charge on any atom is 0.119 e. The fourth-order valence-corrected chi connectivity index (χ4v) is 2.30. The van der Waals surface area contributed by atoms with Crippen LogP contribution in [0.3, 0.4) is 0 Å². The third kappa shape index (κ3) is 4.43. The molecular formula is C18H22O2S. The lowest BCUT2D eigenvalue weighted by molar-refractivity contribution is 0.272. The van der Waals surface area contributed by atoms with Gasteiger partial charge >= 0.3 is 0 Å². The molecule has 3 heteroatoms. The third-order valence-corrected chi connectivity index (χ3v) is 3.98. The van der Waals surface area contributed by atoms with E-state index in [1.54, 1.807) is 7.11 Å². The standard InChI is InChI=1S/C18H22O2S/c1-18(2,14-5-4-6-16(13-14)19-3)11-12-20-15-7-9-17(21)10-8-15/h4-10,13,21H,11-12H2,1-3H3. The molecule has 0 unspecified atom stereocenters. The van der Waals surface area contributed by atoms with Gasteiger partial charge in [-0.15, -0.1) is 12.6 Å². The molecule has 0 aliphatic heterocycles. The van der Waals surface area contributed by atoms with Crippen molar-refractivity contribution < 1.29 is 9.47 Å². The van der Waals surface area contributed by atoms with Gasteiger partial charge in [-0.1, -0.05) is 26.0 Å². The van der Waals surface area contributed by atoms with E-state index in [1.165, 1.54) is 5.56 Å². The van der Waals surface area contributed by atoms with Gasteiger partial charge in [-0.25, -0.2) is 0 Å². The quantitative estimate of drug-likeness (QED) is 0.778. The van der Waals surface area contributed by atoms with Crippen LogP contribution in [0, 0.1) is 0 Å². The van der Waals surface area contributed by atoms with Gasteiger partial charge in [0.1, 0.15) is 11.5 Å². The van der Waals surface area contributed by atoms with Crippen LogP contribution in [0.15, 0.2) is 53.4 Å². The molecule has 0 amide bonds. The zero-order chi connectivity index (χ0) is 15.3. The number of hydrogen-bond acceptors (Lipinski definition) is 3. The van der Waals surface area contributed by atoms with Crippen LogP contribution in [0.2, 0.25) is 0 Å². The minimum absolute atomic E-state index is 0.0397. The summed E-state index contributed by atoms with van der Waals surface area (Å²) >= 11 is 4.27. The summed E-state index contributed by atoms with van der Waals surface area (Å²) in [5.74, 6) is 1.78. The van der Waals surface area contributed by atoms with Crippen molar-refractivity contribution in [2.75, 3.05) is 13.7 Å². The van der Waals surface area contributed by atoms with Crippen molar-refractivity contribution in [1.29, 1.82) is 0 Å². The molecule has 0 heterocycles. The molecule has 2 rings (SSSR count). The average Bonchev–Trinajstić information content (AvgIpc) is 2.49. The number of hydrogen-bond donors (Lipinski definition) is 1. The second-order valence-electron chi connectivity index (χ2n) is 5.71. The second kappa shape index (κ2) is 6.90. The number of benzene rings is 2. The Hall–Kier alpha value is -1.61. The Kier molecular flexibility index (Phi) is 5.18. The molecule has 0 radical (unpaired) electrons. The van der Waals surface area contributed by atoms with Gasteiger partial charge in [-0.05, 0) is 53.8 Å². The predicted molar refractivity (Wildman–Crippen MR) is 89.8 cm³/mol. The van der Waals surface area contributed by atoms with E-state index >= 15 is 0 Å². The molecule has 0 saturated carbocycles. The van der Waals surface area contributed by atoms with Crippen molar-refractivity contribution in [1.82, 2.24) is 0 Å². The van der Waals surface area contributed by atoms with Gasteiger partial charge in [0.05, 0.1) is 13.7 Å². The summed E-state index contributed by atoms with van der Waals surface area (Å²) in [4.78, 5) is 0.944. The Morgan fingerprint density at radius 3 is 2.38 bits per heavy atom. The van der Waals surface area contributed by atoms with E-state index in [0.717, 1.165) is 22.8 Å². The molecule has 2 nitrogen and oxygen atoms in total. The molecule has 0 aliphatic rings. The summed E-state index contributed by atoms with van der Waals surface area (Å²) in [7, 11) is 1.69. The van der Waals surface area contributed by atoms with Gasteiger partial charge in [0.25, 0.3) is 0 Å². The summed E-state index contributed by atoms with van der Waals surface area (Å²) in [5.41, 5.74) is 1.30. The summed E-state index contributed by atoms with van der Waals surface area (Å²) in [5, 5.41) is 0. The lowest BCUT2D eigenvalue weighted by atomic mass is 9.82. The van der Waals surface area contributed by atoms with E-state index in [1.807, 2.05) is 36.4 Å². The molecule has 0 N–H and O–H groups in total. The molecular weight excluding hydrogens is 280 g/mol. The zero-order valence-corrected chi connectivity index (χ0v) is 13.7. The van der Waals surface area contributed by atoms with Crippen LogP contribution in [0.4, 0.5) is 0 Å². The summed E-state index contributed by atoms with van der Waals surface area (Å²) in [6.45, 7) is 5.13. The van der Waals surface area contributed by atoms with E-state index < -0.39 is 0 Å². The number of thiol groups is 1. The molecule has 0 saturated heterocycles. The van der Waals surface area contributed by atoms with Crippen molar-refractivity contribution >= 4 is 12.6 Å². The summed E-state index contributed by atoms with van der Waals surface area (Å²) in [6, 6.07) is 16.0. The van der Waals surface area contributed by atoms with Gasteiger partial charge in [-0.3, -0.25) is 0 Å². The zero-order valence-electron chi connectivity index (χ0n) is 12.8. The molecule has 0 atom stereocenters. The highest BCUT2D eigenvalue weighted by Crippen LogP contribution is 2.29. The first kappa shape index (κ1) is 15.8. The van der Waals surface area contributed by atoms with Crippen molar-refractivity contribution in [3.05, 3.63) is 54.1 Å². The highest BCUT2D eigenvalue weighted by Gasteiger charge is 2.21. The fourth-order valence-electron chi connectivity index (χ4n) is 2.15. The number of methoxy groups -OCH3 is 1. The predicted octanol–water partition coefficient (Wildman–Crippen LogP) is 4.73. The molecule has 112 valence electrons. The highest BCUT2D eigenvalue weighted by atomic mass is 32.1. The molecule has 0 fully saturated rings. The van der Waals surface area contributed by atoms with Crippen molar-refractivity contribution in [3.63, 3.8) is 0 Å². The van der Waals surface area contributed by atoms with Crippen LogP contribution in [0.5, 0.6) is 11.5 Å². The minimum atomic E-state index is 0.0397. The van der Waals surface area contributed by atoms with Crippen LogP contribution in [-0.2, 0) is 5.41 Å². The number of rotatable bonds is 6. The largest absolute Gasteiger partial charge is 0.497 e. The summed E-state index contributed by atoms with van der Waals surface area (Å²) in [6.07, 6.45) is 0.933. The number of ether oxygens (including phenoxy) is 2. The first-order valence-corrected chi connectivity index (χ1v) is 7.52. The maximum atomic E-state index is 5.81. The molecule has 0 bridgehead atoms. The fraction of sp³-hybridized carbons (Fsp3) is 0.333. The third-order valence-electron chi connectivity index (χ3n) is 3.68. The molecule has 2 aromatic rings. The van der Waals surface area contributed by atoms with Crippen molar-refractivity contribution in [2.24, 2.45) is 0 Å². The minimum Gasteiger partial charge on any atom is -0.497 e. The monoisotopic (exact) mass is 302 g/mol. The Bertz CT molecular complexity index is 576. The Labute approximate surface area is 132 Å². The van der Waals surface area contributed by atoms with Crippen LogP contribution in [0.25, 0.3) is 0 Å². The van der Waals surface area contributed by atoms with E-state index in [2.05, 4.69) is 38.6 Å². The molecule has 0 spiro atoms. The van der Waals surface area contributed by atoms with Crippen LogP contribution in [-0.4, -0.2) is 13.7 Å². The van der Waals surface area contributed by atoms with Gasteiger partial charge in [-0.2, -0.15) is 0 Å². The molecule has 21 heavy (non-hydrogen) atoms. The van der Waals surface area contributed by atoms with Crippen LogP contribution >= 0.6 is 12.6 Å². The van der Waals surface area contributed by atoms with E-state index in [-0.39, 0.29) is 5.41 Å². The lowest BCUT2D eigenvalue weighted by Crippen LogP contribution is -2.20. The van der Waals surface area contributed by atoms with Crippen molar-refractivity contribution in [3.8, 4) is 11.5 Å². The molecule has 0 aromatic heterocycles. The second-order valence-corrected chi connectivity index (χ2v) is 6.22. The van der Waals surface area contributed by atoms with Gasteiger partial charge in [0.2, 0.25) is 0 Å². The topological polar surface area (TPSA) is 18.5 Å². The van der Waals surface area contributed by atoms with E-state index in [9.17, 15) is 0 Å². The Morgan fingerprint density at radius 2 is 1.71 bits per heavy atom. The van der Waals surface area contributed by atoms with E-state index in [4.69, 9.17) is 9.47 Å². The summed E-state index contributed by atoms with van der Waals surface area (Å²) < 4.78 is 11.1. The van der Waals surface area contributed by atoms with Crippen LogP contribution in [0.1, 0.15) is 25.8 Å². The smallest absolute Gasteiger partial charge is 0.119 e. The highest BCUT2D eigenvalue weighted by molar-refractivity contribution is 7.80.